The van der Waals surface area contributed by atoms with Crippen LogP contribution in [0.1, 0.15) is 181 Å². The van der Waals surface area contributed by atoms with Gasteiger partial charge in [0.25, 0.3) is 0 Å². The minimum Gasteiger partial charge on any atom is -0.477 e. The van der Waals surface area contributed by atoms with Crippen molar-refractivity contribution in [2.45, 2.75) is 193 Å². The van der Waals surface area contributed by atoms with Crippen LogP contribution >= 0.6 is 0 Å². The molecule has 0 saturated carbocycles. The summed E-state index contributed by atoms with van der Waals surface area (Å²) >= 11 is 0. The Labute approximate surface area is 289 Å². The van der Waals surface area contributed by atoms with E-state index >= 15 is 0 Å². The molecule has 8 nitrogen and oxygen atoms in total. The first kappa shape index (κ1) is 45.3. The lowest BCUT2D eigenvalue weighted by Gasteiger charge is -2.31. The first-order valence-corrected chi connectivity index (χ1v) is 19.6. The van der Waals surface area contributed by atoms with Crippen molar-refractivity contribution in [2.24, 2.45) is 0 Å². The fourth-order valence-electron chi connectivity index (χ4n) is 5.91. The van der Waals surface area contributed by atoms with Gasteiger partial charge in [-0.3, -0.25) is 9.59 Å². The lowest BCUT2D eigenvalue weighted by molar-refractivity contribution is -0.887. The Morgan fingerprint density at radius 3 is 1.32 bits per heavy atom. The van der Waals surface area contributed by atoms with Crippen molar-refractivity contribution in [2.75, 3.05) is 41.0 Å². The number of aliphatic carboxylic acids is 1. The van der Waals surface area contributed by atoms with Gasteiger partial charge in [-0.1, -0.05) is 149 Å². The summed E-state index contributed by atoms with van der Waals surface area (Å²) in [5, 5.41) is 9.56. The predicted molar refractivity (Wildman–Crippen MR) is 193 cm³/mol. The zero-order valence-electron chi connectivity index (χ0n) is 31.5. The molecule has 0 rings (SSSR count). The van der Waals surface area contributed by atoms with Crippen LogP contribution in [0.15, 0.2) is 0 Å². The quantitative estimate of drug-likeness (QED) is 0.0407. The fraction of sp³-hybridized carbons (Fsp3) is 0.923. The third kappa shape index (κ3) is 30.1. The van der Waals surface area contributed by atoms with E-state index in [9.17, 15) is 19.5 Å². The summed E-state index contributed by atoms with van der Waals surface area (Å²) in [6.07, 6.45) is 28.7. The number of hydrogen-bond donors (Lipinski definition) is 1. The number of carbonyl (C=O) groups excluding carboxylic acids is 2. The van der Waals surface area contributed by atoms with Crippen LogP contribution in [0.25, 0.3) is 0 Å². The van der Waals surface area contributed by atoms with Gasteiger partial charge in [-0.15, -0.1) is 0 Å². The summed E-state index contributed by atoms with van der Waals surface area (Å²) in [6, 6.07) is -0.606. The Balaban J connectivity index is 4.29. The highest BCUT2D eigenvalue weighted by molar-refractivity contribution is 5.72. The molecule has 47 heavy (non-hydrogen) atoms. The number of rotatable bonds is 35. The Kier molecular flexibility index (Phi) is 30.5. The van der Waals surface area contributed by atoms with E-state index in [1.165, 1.54) is 109 Å². The molecule has 1 N–H and O–H groups in total. The van der Waals surface area contributed by atoms with Crippen molar-refractivity contribution in [1.29, 1.82) is 0 Å². The monoisotopic (exact) mass is 671 g/mol. The number of carbonyl (C=O) groups is 3. The molecular weight excluding hydrogens is 594 g/mol. The molecule has 278 valence electrons. The lowest BCUT2D eigenvalue weighted by Crippen LogP contribution is -2.50. The summed E-state index contributed by atoms with van der Waals surface area (Å²) < 4.78 is 17.2. The molecule has 0 aliphatic carbocycles. The van der Waals surface area contributed by atoms with Crippen molar-refractivity contribution in [1.82, 2.24) is 0 Å². The molecule has 0 aromatic heterocycles. The molecule has 0 radical (unpaired) electrons. The topological polar surface area (TPSA) is 99.1 Å². The van der Waals surface area contributed by atoms with E-state index < -0.39 is 18.1 Å². The largest absolute Gasteiger partial charge is 0.477 e. The molecule has 0 aliphatic rings. The molecule has 0 bridgehead atoms. The second kappa shape index (κ2) is 31.6. The summed E-state index contributed by atoms with van der Waals surface area (Å²) in [7, 11) is 5.52. The summed E-state index contributed by atoms with van der Waals surface area (Å²) in [4.78, 5) is 36.6. The average Bonchev–Trinajstić information content (AvgIpc) is 3.01. The van der Waals surface area contributed by atoms with E-state index in [4.69, 9.17) is 14.2 Å². The maximum atomic E-state index is 12.6. The molecule has 2 unspecified atom stereocenters. The average molecular weight is 671 g/mol. The Hall–Kier alpha value is -1.67. The molecular formula is C39H76NO7+. The van der Waals surface area contributed by atoms with E-state index in [0.29, 0.717) is 19.3 Å². The van der Waals surface area contributed by atoms with Crippen LogP contribution in [0.4, 0.5) is 0 Å². The maximum Gasteiger partial charge on any atom is 0.362 e. The maximum absolute atomic E-state index is 12.6. The highest BCUT2D eigenvalue weighted by Gasteiger charge is 2.31. The number of hydrogen-bond acceptors (Lipinski definition) is 6. The van der Waals surface area contributed by atoms with Gasteiger partial charge in [0, 0.05) is 19.3 Å². The SMILES string of the molecule is CCCCCCCCCCCCCCCCCCC(=O)OC(COCCC(C(=O)O)[N+](C)(C)C)COC(=O)CCCCCCCCC. The van der Waals surface area contributed by atoms with Crippen LogP contribution in [0.3, 0.4) is 0 Å². The summed E-state index contributed by atoms with van der Waals surface area (Å²) in [5.41, 5.74) is 0. The number of unbranched alkanes of at least 4 members (excludes halogenated alkanes) is 21. The van der Waals surface area contributed by atoms with Crippen molar-refractivity contribution in [3.8, 4) is 0 Å². The van der Waals surface area contributed by atoms with E-state index in [1.54, 1.807) is 0 Å². The molecule has 0 spiro atoms. The van der Waals surface area contributed by atoms with Crippen LogP contribution in [-0.4, -0.2) is 80.6 Å². The van der Waals surface area contributed by atoms with E-state index in [-0.39, 0.29) is 36.2 Å². The number of ether oxygens (including phenoxy) is 3. The van der Waals surface area contributed by atoms with Crippen LogP contribution in [0, 0.1) is 0 Å². The van der Waals surface area contributed by atoms with Gasteiger partial charge in [0.1, 0.15) is 6.61 Å². The molecule has 0 saturated heterocycles. The smallest absolute Gasteiger partial charge is 0.362 e. The van der Waals surface area contributed by atoms with Crippen molar-refractivity contribution >= 4 is 17.9 Å². The van der Waals surface area contributed by atoms with Gasteiger partial charge in [-0.25, -0.2) is 4.79 Å². The molecule has 0 aromatic carbocycles. The minimum atomic E-state index is -0.873. The van der Waals surface area contributed by atoms with Crippen LogP contribution in [0.2, 0.25) is 0 Å². The Morgan fingerprint density at radius 1 is 0.553 bits per heavy atom. The molecule has 0 fully saturated rings. The first-order chi connectivity index (χ1) is 22.6. The van der Waals surface area contributed by atoms with Crippen LogP contribution in [0.5, 0.6) is 0 Å². The highest BCUT2D eigenvalue weighted by atomic mass is 16.6. The van der Waals surface area contributed by atoms with Crippen molar-refractivity contribution in [3.05, 3.63) is 0 Å². The third-order valence-electron chi connectivity index (χ3n) is 9.01. The van der Waals surface area contributed by atoms with Gasteiger partial charge < -0.3 is 23.8 Å². The van der Waals surface area contributed by atoms with Gasteiger partial charge in [0.15, 0.2) is 12.1 Å². The second-order valence-corrected chi connectivity index (χ2v) is 14.6. The Morgan fingerprint density at radius 2 is 0.936 bits per heavy atom. The van der Waals surface area contributed by atoms with Gasteiger partial charge in [0.05, 0.1) is 34.4 Å². The van der Waals surface area contributed by atoms with Gasteiger partial charge in [-0.05, 0) is 12.8 Å². The summed E-state index contributed by atoms with van der Waals surface area (Å²) in [5.74, 6) is -1.46. The number of esters is 2. The normalized spacial score (nSPS) is 13.0. The molecule has 0 heterocycles. The molecule has 0 aliphatic heterocycles. The number of carboxylic acid groups (broad SMARTS) is 1. The van der Waals surface area contributed by atoms with Gasteiger partial charge >= 0.3 is 17.9 Å². The zero-order valence-corrected chi connectivity index (χ0v) is 31.5. The molecule has 0 amide bonds. The van der Waals surface area contributed by atoms with Gasteiger partial charge in [-0.2, -0.15) is 0 Å². The zero-order chi connectivity index (χ0) is 35.0. The number of nitrogens with zero attached hydrogens (tertiary/aromatic N) is 1. The molecule has 8 heteroatoms. The number of carboxylic acids is 1. The number of likely N-dealkylation sites (N-methyl/N-ethyl adjacent to an activating group) is 1. The fourth-order valence-corrected chi connectivity index (χ4v) is 5.91. The summed E-state index contributed by atoms with van der Waals surface area (Å²) in [6.45, 7) is 4.71. The molecule has 2 atom stereocenters. The van der Waals surface area contributed by atoms with E-state index in [0.717, 1.165) is 38.5 Å². The second-order valence-electron chi connectivity index (χ2n) is 14.6. The minimum absolute atomic E-state index is 0.0439. The lowest BCUT2D eigenvalue weighted by atomic mass is 10.0. The predicted octanol–water partition coefficient (Wildman–Crippen LogP) is 9.80. The van der Waals surface area contributed by atoms with E-state index in [2.05, 4.69) is 13.8 Å². The van der Waals surface area contributed by atoms with E-state index in [1.807, 2.05) is 21.1 Å². The van der Waals surface area contributed by atoms with Crippen LogP contribution < -0.4 is 0 Å². The van der Waals surface area contributed by atoms with Crippen LogP contribution in [-0.2, 0) is 28.6 Å². The van der Waals surface area contributed by atoms with Crippen molar-refractivity contribution in [3.63, 3.8) is 0 Å². The van der Waals surface area contributed by atoms with Crippen molar-refractivity contribution < 1.29 is 38.2 Å². The first-order valence-electron chi connectivity index (χ1n) is 19.6. The third-order valence-corrected chi connectivity index (χ3v) is 9.01. The van der Waals surface area contributed by atoms with Gasteiger partial charge in [0.2, 0.25) is 0 Å². The standard InChI is InChI=1S/C39H75NO7/c1-6-8-10-12-14-15-16-17-18-19-20-21-22-24-26-28-30-38(42)47-35(33-45-32-31-36(39(43)44)40(3,4)5)34-46-37(41)29-27-25-23-13-11-9-7-2/h35-36H,6-34H2,1-5H3/p+1. The number of quaternary nitrogens is 1. The molecule has 0 aromatic rings. The highest BCUT2D eigenvalue weighted by Crippen LogP contribution is 2.15. The Bertz CT molecular complexity index is 752.